The topological polar surface area (TPSA) is 36.7 Å². The van der Waals surface area contributed by atoms with Crippen molar-refractivity contribution in [2.75, 3.05) is 0 Å². The molecule has 0 unspecified atom stereocenters. The van der Waals surface area contributed by atoms with Gasteiger partial charge in [-0.1, -0.05) is 42.5 Å². The lowest BCUT2D eigenvalue weighted by molar-refractivity contribution is 1.31. The maximum absolute atomic E-state index is 8.41. The summed E-state index contributed by atoms with van der Waals surface area (Å²) in [6, 6.07) is 18.3. The molecule has 1 heterocycles. The van der Waals surface area contributed by atoms with Gasteiger partial charge in [-0.25, -0.2) is 4.98 Å². The first-order valence-electron chi connectivity index (χ1n) is 7.76. The molecule has 0 saturated carbocycles. The molecule has 2 aromatic carbocycles. The molecule has 0 aliphatic heterocycles. The molecule has 0 amide bonds. The quantitative estimate of drug-likeness (QED) is 0.653. The van der Waals surface area contributed by atoms with E-state index in [0.717, 1.165) is 22.0 Å². The molecule has 3 aromatic rings. The van der Waals surface area contributed by atoms with E-state index in [4.69, 9.17) is 5.41 Å². The Balaban J connectivity index is 2.01. The van der Waals surface area contributed by atoms with Gasteiger partial charge in [0.1, 0.15) is 0 Å². The lowest BCUT2D eigenvalue weighted by Gasteiger charge is -2.08. The van der Waals surface area contributed by atoms with Crippen molar-refractivity contribution in [2.24, 2.45) is 0 Å². The second-order valence-corrected chi connectivity index (χ2v) is 5.90. The van der Waals surface area contributed by atoms with E-state index in [2.05, 4.69) is 37.0 Å². The summed E-state index contributed by atoms with van der Waals surface area (Å²) < 4.78 is 0. The Labute approximate surface area is 137 Å². The number of nitrogens with zero attached hydrogens (tertiary/aromatic N) is 1. The molecule has 23 heavy (non-hydrogen) atoms. The van der Waals surface area contributed by atoms with Gasteiger partial charge in [0.05, 0.1) is 16.9 Å². The maximum atomic E-state index is 8.41. The van der Waals surface area contributed by atoms with E-state index in [-0.39, 0.29) is 0 Å². The van der Waals surface area contributed by atoms with E-state index >= 15 is 0 Å². The first-order valence-corrected chi connectivity index (χ1v) is 7.76. The minimum absolute atomic E-state index is 0.444. The average Bonchev–Trinajstić information content (AvgIpc) is 2.55. The van der Waals surface area contributed by atoms with Crippen LogP contribution >= 0.6 is 0 Å². The molecule has 0 fully saturated rings. The Bertz CT molecular complexity index is 920. The zero-order chi connectivity index (χ0) is 16.4. The van der Waals surface area contributed by atoms with Gasteiger partial charge >= 0.3 is 0 Å². The van der Waals surface area contributed by atoms with Crippen molar-refractivity contribution < 1.29 is 0 Å². The SMILES string of the molecule is C/C(=C/C(=N)c1cc(C)c2ccccc2n1)c1ccccc1C. The van der Waals surface area contributed by atoms with Crippen LogP contribution in [0.4, 0.5) is 0 Å². The molecule has 0 radical (unpaired) electrons. The van der Waals surface area contributed by atoms with Crippen molar-refractivity contribution in [3.63, 3.8) is 0 Å². The molecular formula is C21H20N2. The second kappa shape index (κ2) is 6.17. The van der Waals surface area contributed by atoms with Crippen LogP contribution in [0.5, 0.6) is 0 Å². The van der Waals surface area contributed by atoms with Crippen molar-refractivity contribution in [1.29, 1.82) is 5.41 Å². The minimum Gasteiger partial charge on any atom is -0.299 e. The van der Waals surface area contributed by atoms with Crippen molar-refractivity contribution >= 4 is 22.2 Å². The second-order valence-electron chi connectivity index (χ2n) is 5.90. The number of pyridine rings is 1. The zero-order valence-corrected chi connectivity index (χ0v) is 13.7. The van der Waals surface area contributed by atoms with Gasteiger partial charge in [-0.2, -0.15) is 0 Å². The van der Waals surface area contributed by atoms with Crippen LogP contribution in [0.3, 0.4) is 0 Å². The van der Waals surface area contributed by atoms with Gasteiger partial charge in [-0.05, 0) is 61.2 Å². The molecule has 3 rings (SSSR count). The number of hydrogen-bond donors (Lipinski definition) is 1. The largest absolute Gasteiger partial charge is 0.299 e. The number of fused-ring (bicyclic) bond motifs is 1. The minimum atomic E-state index is 0.444. The van der Waals surface area contributed by atoms with E-state index in [0.29, 0.717) is 11.4 Å². The monoisotopic (exact) mass is 300 g/mol. The summed E-state index contributed by atoms with van der Waals surface area (Å²) in [5, 5.41) is 9.56. The fourth-order valence-corrected chi connectivity index (χ4v) is 2.87. The number of hydrogen-bond acceptors (Lipinski definition) is 2. The molecule has 114 valence electrons. The Morgan fingerprint density at radius 3 is 2.43 bits per heavy atom. The lowest BCUT2D eigenvalue weighted by atomic mass is 9.99. The zero-order valence-electron chi connectivity index (χ0n) is 13.7. The number of para-hydroxylation sites is 1. The van der Waals surface area contributed by atoms with Gasteiger partial charge < -0.3 is 0 Å². The number of benzene rings is 2. The van der Waals surface area contributed by atoms with Crippen LogP contribution in [0.15, 0.2) is 60.7 Å². The molecule has 0 spiro atoms. The van der Waals surface area contributed by atoms with Gasteiger partial charge in [0.15, 0.2) is 0 Å². The molecule has 2 nitrogen and oxygen atoms in total. The predicted molar refractivity (Wildman–Crippen MR) is 98.1 cm³/mol. The first-order chi connectivity index (χ1) is 11.1. The molecular weight excluding hydrogens is 280 g/mol. The molecule has 0 saturated heterocycles. The molecule has 2 heteroatoms. The van der Waals surface area contributed by atoms with E-state index in [9.17, 15) is 0 Å². The van der Waals surface area contributed by atoms with Crippen LogP contribution in [0, 0.1) is 19.3 Å². The number of aromatic nitrogens is 1. The van der Waals surface area contributed by atoms with E-state index < -0.39 is 0 Å². The third kappa shape index (κ3) is 3.07. The number of rotatable bonds is 3. The van der Waals surface area contributed by atoms with Crippen LogP contribution in [0.25, 0.3) is 16.5 Å². The fourth-order valence-electron chi connectivity index (χ4n) is 2.87. The smallest absolute Gasteiger partial charge is 0.0889 e. The van der Waals surface area contributed by atoms with Crippen LogP contribution in [-0.4, -0.2) is 10.7 Å². The molecule has 1 aromatic heterocycles. The molecule has 0 atom stereocenters. The van der Waals surface area contributed by atoms with Crippen LogP contribution in [0.1, 0.15) is 29.3 Å². The molecule has 1 N–H and O–H groups in total. The number of nitrogens with one attached hydrogen (secondary N) is 1. The Kier molecular flexibility index (Phi) is 4.07. The van der Waals surface area contributed by atoms with Crippen LogP contribution < -0.4 is 0 Å². The Hall–Kier alpha value is -2.74. The van der Waals surface area contributed by atoms with Crippen molar-refractivity contribution in [1.82, 2.24) is 4.98 Å². The normalized spacial score (nSPS) is 11.7. The van der Waals surface area contributed by atoms with Gasteiger partial charge in [-0.15, -0.1) is 0 Å². The third-order valence-corrected chi connectivity index (χ3v) is 4.13. The van der Waals surface area contributed by atoms with E-state index in [1.54, 1.807) is 0 Å². The summed E-state index contributed by atoms with van der Waals surface area (Å²) in [4.78, 5) is 4.64. The Morgan fingerprint density at radius 2 is 1.65 bits per heavy atom. The maximum Gasteiger partial charge on any atom is 0.0889 e. The van der Waals surface area contributed by atoms with Gasteiger partial charge in [0.2, 0.25) is 0 Å². The summed E-state index contributed by atoms with van der Waals surface area (Å²) in [6.07, 6.45) is 1.90. The van der Waals surface area contributed by atoms with Gasteiger partial charge in [0.25, 0.3) is 0 Å². The van der Waals surface area contributed by atoms with Crippen molar-refractivity contribution in [2.45, 2.75) is 20.8 Å². The first kappa shape index (κ1) is 15.2. The van der Waals surface area contributed by atoms with Crippen molar-refractivity contribution in [3.05, 3.63) is 83.1 Å². The summed E-state index contributed by atoms with van der Waals surface area (Å²) in [5.74, 6) is 0. The molecule has 0 bridgehead atoms. The molecule has 0 aliphatic carbocycles. The highest BCUT2D eigenvalue weighted by molar-refractivity contribution is 6.10. The van der Waals surface area contributed by atoms with Crippen LogP contribution in [0.2, 0.25) is 0 Å². The summed E-state index contributed by atoms with van der Waals surface area (Å²) >= 11 is 0. The lowest BCUT2D eigenvalue weighted by Crippen LogP contribution is -2.01. The standard InChI is InChI=1S/C21H20N2/c1-14-8-4-5-9-17(14)15(2)12-19(22)21-13-16(3)18-10-6-7-11-20(18)23-21/h4-13,22H,1-3H3/b15-12-,22-19?. The number of allylic oxidation sites excluding steroid dienone is 2. The van der Waals surface area contributed by atoms with Crippen LogP contribution in [-0.2, 0) is 0 Å². The van der Waals surface area contributed by atoms with E-state index in [1.807, 2.05) is 49.4 Å². The predicted octanol–water partition coefficient (Wildman–Crippen LogP) is 5.32. The molecule has 0 aliphatic rings. The Morgan fingerprint density at radius 1 is 0.957 bits per heavy atom. The summed E-state index contributed by atoms with van der Waals surface area (Å²) in [5.41, 5.74) is 6.73. The third-order valence-electron chi connectivity index (χ3n) is 4.13. The van der Waals surface area contributed by atoms with Gasteiger partial charge in [-0.3, -0.25) is 5.41 Å². The number of aryl methyl sites for hydroxylation is 2. The van der Waals surface area contributed by atoms with E-state index in [1.165, 1.54) is 11.1 Å². The van der Waals surface area contributed by atoms with Crippen molar-refractivity contribution in [3.8, 4) is 0 Å². The fraction of sp³-hybridized carbons (Fsp3) is 0.143. The highest BCUT2D eigenvalue weighted by Crippen LogP contribution is 2.21. The summed E-state index contributed by atoms with van der Waals surface area (Å²) in [6.45, 7) is 6.21. The average molecular weight is 300 g/mol. The highest BCUT2D eigenvalue weighted by atomic mass is 14.7. The summed E-state index contributed by atoms with van der Waals surface area (Å²) in [7, 11) is 0. The highest BCUT2D eigenvalue weighted by Gasteiger charge is 2.07. The van der Waals surface area contributed by atoms with Gasteiger partial charge in [0, 0.05) is 5.39 Å².